The molecular weight excluding hydrogens is 334 g/mol. The molecule has 7 heavy (non-hydrogen) atoms. The highest BCUT2D eigenvalue weighted by Crippen LogP contribution is 2.06. The van der Waals surface area contributed by atoms with E-state index in [-0.39, 0.29) is 24.0 Å². The second-order valence-electron chi connectivity index (χ2n) is 0.942. The zero-order valence-corrected chi connectivity index (χ0v) is 8.73. The van der Waals surface area contributed by atoms with E-state index >= 15 is 0 Å². The van der Waals surface area contributed by atoms with Crippen molar-refractivity contribution in [2.24, 2.45) is 0 Å². The Morgan fingerprint density at radius 2 is 2.29 bits per heavy atom. The van der Waals surface area contributed by atoms with Crippen molar-refractivity contribution in [1.82, 2.24) is 0 Å². The van der Waals surface area contributed by atoms with Gasteiger partial charge in [0.1, 0.15) is 0 Å². The van der Waals surface area contributed by atoms with Crippen LogP contribution in [0.3, 0.4) is 0 Å². The van der Waals surface area contributed by atoms with Crippen molar-refractivity contribution in [1.29, 1.82) is 0 Å². The molecule has 0 saturated carbocycles. The molecule has 0 aliphatic rings. The Balaban J connectivity index is 0.000000360. The predicted molar refractivity (Wildman–Crippen MR) is 52.5 cm³/mol. The third-order valence-electron chi connectivity index (χ3n) is 0.486. The number of hydrogen-bond donors (Lipinski definition) is 0. The molecule has 0 bridgehead atoms. The Hall–Kier alpha value is 1.16. The Bertz CT molecular complexity index is 113. The van der Waals surface area contributed by atoms with Crippen LogP contribution in [0.1, 0.15) is 0 Å². The second kappa shape index (κ2) is 4.08. The van der Waals surface area contributed by atoms with Gasteiger partial charge >= 0.3 is 0 Å². The molecule has 0 radical (unpaired) electrons. The summed E-state index contributed by atoms with van der Waals surface area (Å²) in [6.45, 7) is 0. The van der Waals surface area contributed by atoms with Crippen molar-refractivity contribution >= 4 is 57.9 Å². The molecule has 0 unspecified atom stereocenters. The quantitative estimate of drug-likeness (QED) is 0.638. The molecule has 0 aliphatic carbocycles. The summed E-state index contributed by atoms with van der Waals surface area (Å²) in [7, 11) is 0. The highest BCUT2D eigenvalue weighted by molar-refractivity contribution is 14.1. The molecule has 1 aromatic heterocycles. The van der Waals surface area contributed by atoms with Crippen LogP contribution in [0.2, 0.25) is 0 Å². The number of hydrogen-bond acceptors (Lipinski definition) is 1. The van der Waals surface area contributed by atoms with Crippen LogP contribution in [-0.4, -0.2) is 0 Å². The molecule has 0 fully saturated rings. The lowest BCUT2D eigenvalue weighted by Gasteiger charge is -1.62. The van der Waals surface area contributed by atoms with Crippen LogP contribution in [0.4, 0.5) is 0 Å². The monoisotopic (exact) mass is 338 g/mol. The van der Waals surface area contributed by atoms with E-state index in [1.807, 2.05) is 0 Å². The van der Waals surface area contributed by atoms with Gasteiger partial charge in [-0.3, -0.25) is 0 Å². The zero-order valence-electron chi connectivity index (χ0n) is 3.43. The summed E-state index contributed by atoms with van der Waals surface area (Å²) < 4.78 is 1.33. The van der Waals surface area contributed by atoms with Crippen LogP contribution < -0.4 is 0 Å². The summed E-state index contributed by atoms with van der Waals surface area (Å²) in [4.78, 5) is 0. The molecule has 0 spiro atoms. The second-order valence-corrected chi connectivity index (χ2v) is 2.97. The van der Waals surface area contributed by atoms with E-state index < -0.39 is 0 Å². The van der Waals surface area contributed by atoms with Crippen molar-refractivity contribution < 1.29 is 0 Å². The molecule has 0 N–H and O–H groups in total. The largest absolute Gasteiger partial charge is 0.151 e. The van der Waals surface area contributed by atoms with E-state index in [0.29, 0.717) is 0 Å². The molecule has 40 valence electrons. The van der Waals surface area contributed by atoms with Crippen LogP contribution in [0, 0.1) is 3.57 Å². The maximum Gasteiger partial charge on any atom is 0.0237 e. The zero-order chi connectivity index (χ0) is 4.41. The lowest BCUT2D eigenvalue weighted by Crippen LogP contribution is -1.43. The summed E-state index contributed by atoms with van der Waals surface area (Å²) in [5.74, 6) is 0. The first kappa shape index (κ1) is 8.16. The highest BCUT2D eigenvalue weighted by Gasteiger charge is 1.76. The average molecular weight is 338 g/mol. The third-order valence-corrected chi connectivity index (χ3v) is 2.26. The molecule has 0 atom stereocenters. The smallest absolute Gasteiger partial charge is 0.0237 e. The van der Waals surface area contributed by atoms with Gasteiger partial charge in [-0.15, -0.1) is 24.0 Å². The molecule has 1 rings (SSSR count). The summed E-state index contributed by atoms with van der Waals surface area (Å²) in [5.41, 5.74) is 0. The Labute approximate surface area is 77.5 Å². The third kappa shape index (κ3) is 2.86. The van der Waals surface area contributed by atoms with Crippen LogP contribution in [-0.2, 0) is 0 Å². The molecular formula is C4H4I2S. The van der Waals surface area contributed by atoms with E-state index in [1.54, 1.807) is 11.3 Å². The lowest BCUT2D eigenvalue weighted by atomic mass is 10.7. The standard InChI is InChI=1S/C4H3IS.HI/c5-4-1-2-6-3-4;/h1-3H;1H. The Morgan fingerprint density at radius 1 is 1.57 bits per heavy atom. The molecule has 0 amide bonds. The van der Waals surface area contributed by atoms with Crippen LogP contribution >= 0.6 is 57.9 Å². The summed E-state index contributed by atoms with van der Waals surface area (Å²) in [6, 6.07) is 2.09. The molecule has 0 nitrogen and oxygen atoms in total. The van der Waals surface area contributed by atoms with E-state index in [9.17, 15) is 0 Å². The molecule has 0 saturated heterocycles. The van der Waals surface area contributed by atoms with E-state index in [4.69, 9.17) is 0 Å². The van der Waals surface area contributed by atoms with Gasteiger partial charge in [-0.05, 0) is 34.0 Å². The van der Waals surface area contributed by atoms with Gasteiger partial charge < -0.3 is 0 Å². The van der Waals surface area contributed by atoms with Gasteiger partial charge in [0, 0.05) is 8.95 Å². The fraction of sp³-hybridized carbons (Fsp3) is 0. The molecule has 0 aromatic carbocycles. The van der Waals surface area contributed by atoms with E-state index in [0.717, 1.165) is 0 Å². The fourth-order valence-electron chi connectivity index (χ4n) is 0.248. The predicted octanol–water partition coefficient (Wildman–Crippen LogP) is 2.97. The van der Waals surface area contributed by atoms with Crippen molar-refractivity contribution in [2.75, 3.05) is 0 Å². The first-order valence-electron chi connectivity index (χ1n) is 1.57. The van der Waals surface area contributed by atoms with Crippen LogP contribution in [0.5, 0.6) is 0 Å². The van der Waals surface area contributed by atoms with Crippen molar-refractivity contribution in [3.8, 4) is 0 Å². The summed E-state index contributed by atoms with van der Waals surface area (Å²) in [5, 5.41) is 4.18. The van der Waals surface area contributed by atoms with Crippen LogP contribution in [0.25, 0.3) is 0 Å². The first-order chi connectivity index (χ1) is 2.89. The average Bonchev–Trinajstić information content (AvgIpc) is 1.86. The topological polar surface area (TPSA) is 0 Å². The minimum atomic E-state index is 0. The van der Waals surface area contributed by atoms with Crippen molar-refractivity contribution in [3.05, 3.63) is 20.4 Å². The van der Waals surface area contributed by atoms with Gasteiger partial charge in [0.15, 0.2) is 0 Å². The maximum absolute atomic E-state index is 2.29. The van der Waals surface area contributed by atoms with Gasteiger partial charge in [0.2, 0.25) is 0 Å². The number of rotatable bonds is 0. The van der Waals surface area contributed by atoms with Crippen LogP contribution in [0.15, 0.2) is 16.8 Å². The Morgan fingerprint density at radius 3 is 2.43 bits per heavy atom. The highest BCUT2D eigenvalue weighted by atomic mass is 127. The molecule has 1 aromatic rings. The normalized spacial score (nSPS) is 7.57. The molecule has 0 aliphatic heterocycles. The number of halogens is 2. The summed E-state index contributed by atoms with van der Waals surface area (Å²) in [6.07, 6.45) is 0. The van der Waals surface area contributed by atoms with E-state index in [1.165, 1.54) is 3.57 Å². The van der Waals surface area contributed by atoms with E-state index in [2.05, 4.69) is 39.4 Å². The lowest BCUT2D eigenvalue weighted by molar-refractivity contribution is 1.89. The first-order valence-corrected chi connectivity index (χ1v) is 3.59. The SMILES string of the molecule is I.Ic1ccsc1. The van der Waals surface area contributed by atoms with Gasteiger partial charge in [0.05, 0.1) is 0 Å². The van der Waals surface area contributed by atoms with Gasteiger partial charge in [-0.25, -0.2) is 0 Å². The van der Waals surface area contributed by atoms with Crippen molar-refractivity contribution in [3.63, 3.8) is 0 Å². The minimum absolute atomic E-state index is 0. The molecule has 1 heterocycles. The maximum atomic E-state index is 2.29. The van der Waals surface area contributed by atoms with Crippen molar-refractivity contribution in [2.45, 2.75) is 0 Å². The fourth-order valence-corrected chi connectivity index (χ4v) is 1.62. The van der Waals surface area contributed by atoms with Gasteiger partial charge in [0.25, 0.3) is 0 Å². The summed E-state index contributed by atoms with van der Waals surface area (Å²) >= 11 is 4.02. The van der Waals surface area contributed by atoms with Gasteiger partial charge in [-0.2, -0.15) is 11.3 Å². The minimum Gasteiger partial charge on any atom is -0.151 e. The van der Waals surface area contributed by atoms with Gasteiger partial charge in [-0.1, -0.05) is 0 Å². The number of thiophene rings is 1. The Kier molecular flexibility index (Phi) is 4.76. The molecule has 3 heteroatoms.